The number of sulfonamides is 1. The molecule has 0 aliphatic carbocycles. The monoisotopic (exact) mass is 480 g/mol. The molecule has 0 aromatic heterocycles. The highest BCUT2D eigenvalue weighted by molar-refractivity contribution is 7.90. The van der Waals surface area contributed by atoms with Gasteiger partial charge in [0, 0.05) is 25.8 Å². The number of nitrogens with one attached hydrogen (secondary N) is 2. The molecule has 0 atom stereocenters. The minimum atomic E-state index is -3.75. The van der Waals surface area contributed by atoms with Crippen LogP contribution in [0.15, 0.2) is 29.2 Å². The van der Waals surface area contributed by atoms with Crippen molar-refractivity contribution in [2.75, 3.05) is 12.8 Å². The normalized spacial score (nSPS) is 12.1. The summed E-state index contributed by atoms with van der Waals surface area (Å²) in [7, 11) is -6.84. The van der Waals surface area contributed by atoms with E-state index in [4.69, 9.17) is 0 Å². The van der Waals surface area contributed by atoms with Crippen LogP contribution in [0.5, 0.6) is 0 Å². The van der Waals surface area contributed by atoms with Gasteiger partial charge >= 0.3 is 0 Å². The van der Waals surface area contributed by atoms with E-state index in [1.165, 1.54) is 6.26 Å². The Morgan fingerprint density at radius 2 is 1.25 bits per heavy atom. The fourth-order valence-electron chi connectivity index (χ4n) is 3.58. The molecule has 0 aliphatic heterocycles. The lowest BCUT2D eigenvalue weighted by Gasteiger charge is -2.19. The fourth-order valence-corrected chi connectivity index (χ4v) is 6.01. The molecule has 176 valence electrons. The second-order valence-electron chi connectivity index (χ2n) is 8.27. The Balaban J connectivity index is 1.93. The Hall–Kier alpha value is -2.23. The lowest BCUT2D eigenvalue weighted by atomic mass is 9.95. The molecule has 2 N–H and O–H groups in total. The van der Waals surface area contributed by atoms with Gasteiger partial charge in [-0.2, -0.15) is 0 Å². The van der Waals surface area contributed by atoms with Crippen molar-refractivity contribution in [2.24, 2.45) is 0 Å². The zero-order valence-electron chi connectivity index (χ0n) is 19.5. The van der Waals surface area contributed by atoms with Gasteiger partial charge in [0.1, 0.15) is 0 Å². The van der Waals surface area contributed by atoms with Crippen LogP contribution in [0.1, 0.15) is 45.4 Å². The molecule has 2 rings (SSSR count). The molecule has 0 unspecified atom stereocenters. The van der Waals surface area contributed by atoms with Gasteiger partial charge in [-0.3, -0.25) is 4.79 Å². The largest absolute Gasteiger partial charge is 0.352 e. The molecular formula is C23H32N2O5S2. The smallest absolute Gasteiger partial charge is 0.241 e. The second kappa shape index (κ2) is 10.1. The number of carbonyl (C=O) groups excluding carboxylic acids is 1. The summed E-state index contributed by atoms with van der Waals surface area (Å²) in [6.07, 6.45) is 1.19. The Morgan fingerprint density at radius 3 is 1.75 bits per heavy atom. The summed E-state index contributed by atoms with van der Waals surface area (Å²) in [5.74, 6) is -0.309. The third-order valence-electron chi connectivity index (χ3n) is 5.79. The quantitative estimate of drug-likeness (QED) is 0.574. The first kappa shape index (κ1) is 26.0. The Labute approximate surface area is 191 Å². The molecule has 0 fully saturated rings. The number of carbonyl (C=O) groups is 1. The van der Waals surface area contributed by atoms with Gasteiger partial charge < -0.3 is 5.32 Å². The van der Waals surface area contributed by atoms with Crippen molar-refractivity contribution in [1.82, 2.24) is 10.0 Å². The molecule has 2 aromatic rings. The lowest BCUT2D eigenvalue weighted by molar-refractivity contribution is -0.121. The van der Waals surface area contributed by atoms with E-state index in [1.54, 1.807) is 38.1 Å². The number of hydrogen-bond donors (Lipinski definition) is 2. The summed E-state index contributed by atoms with van der Waals surface area (Å²) in [6.45, 7) is 9.69. The molecule has 0 aliphatic rings. The molecule has 0 saturated heterocycles. The van der Waals surface area contributed by atoms with Crippen molar-refractivity contribution in [3.63, 3.8) is 0 Å². The molecule has 0 saturated carbocycles. The average Bonchev–Trinajstić information content (AvgIpc) is 2.69. The van der Waals surface area contributed by atoms with Gasteiger partial charge in [0.05, 0.1) is 10.6 Å². The van der Waals surface area contributed by atoms with Crippen molar-refractivity contribution in [3.8, 4) is 0 Å². The van der Waals surface area contributed by atoms with Gasteiger partial charge in [0.15, 0.2) is 9.84 Å². The SMILES string of the molecule is Cc1c(C)c(C)c(S(=O)(=O)NCCC(=O)NCc2ccc(CS(C)(=O)=O)cc2)c(C)c1C. The van der Waals surface area contributed by atoms with E-state index in [-0.39, 0.29) is 36.1 Å². The van der Waals surface area contributed by atoms with Gasteiger partial charge in [-0.15, -0.1) is 0 Å². The maximum absolute atomic E-state index is 12.9. The van der Waals surface area contributed by atoms with E-state index < -0.39 is 19.9 Å². The van der Waals surface area contributed by atoms with E-state index in [1.807, 2.05) is 20.8 Å². The van der Waals surface area contributed by atoms with Crippen LogP contribution in [-0.4, -0.2) is 35.5 Å². The molecule has 2 aromatic carbocycles. The molecular weight excluding hydrogens is 448 g/mol. The van der Waals surface area contributed by atoms with Gasteiger partial charge in [-0.1, -0.05) is 24.3 Å². The van der Waals surface area contributed by atoms with Crippen molar-refractivity contribution >= 4 is 25.8 Å². The highest BCUT2D eigenvalue weighted by atomic mass is 32.2. The van der Waals surface area contributed by atoms with Crippen molar-refractivity contribution in [1.29, 1.82) is 0 Å². The minimum absolute atomic E-state index is 0.00725. The Bertz CT molecular complexity index is 1190. The van der Waals surface area contributed by atoms with Crippen LogP contribution in [0.3, 0.4) is 0 Å². The van der Waals surface area contributed by atoms with Crippen LogP contribution in [0.4, 0.5) is 0 Å². The summed E-state index contributed by atoms with van der Waals surface area (Å²) < 4.78 is 51.0. The van der Waals surface area contributed by atoms with E-state index in [2.05, 4.69) is 10.0 Å². The number of rotatable bonds is 9. The number of benzene rings is 2. The number of sulfone groups is 1. The van der Waals surface area contributed by atoms with E-state index in [0.717, 1.165) is 33.4 Å². The van der Waals surface area contributed by atoms with Gasteiger partial charge in [0.2, 0.25) is 15.9 Å². The zero-order chi connectivity index (χ0) is 24.3. The third kappa shape index (κ3) is 6.63. The maximum atomic E-state index is 12.9. The summed E-state index contributed by atoms with van der Waals surface area (Å²) in [4.78, 5) is 12.4. The van der Waals surface area contributed by atoms with Crippen LogP contribution in [-0.2, 0) is 37.0 Å². The van der Waals surface area contributed by atoms with Crippen LogP contribution in [0.25, 0.3) is 0 Å². The second-order valence-corrected chi connectivity index (χ2v) is 12.1. The predicted molar refractivity (Wildman–Crippen MR) is 127 cm³/mol. The van der Waals surface area contributed by atoms with Crippen LogP contribution >= 0.6 is 0 Å². The first-order valence-corrected chi connectivity index (χ1v) is 13.9. The zero-order valence-corrected chi connectivity index (χ0v) is 21.1. The molecule has 0 heterocycles. The van der Waals surface area contributed by atoms with E-state index in [9.17, 15) is 21.6 Å². The Kier molecular flexibility index (Phi) is 8.25. The summed E-state index contributed by atoms with van der Waals surface area (Å²) in [5, 5.41) is 2.75. The summed E-state index contributed by atoms with van der Waals surface area (Å²) in [6, 6.07) is 6.95. The molecule has 0 spiro atoms. The molecule has 0 radical (unpaired) electrons. The van der Waals surface area contributed by atoms with Gasteiger partial charge in [0.25, 0.3) is 0 Å². The molecule has 9 heteroatoms. The summed E-state index contributed by atoms with van der Waals surface area (Å²) >= 11 is 0. The average molecular weight is 481 g/mol. The van der Waals surface area contributed by atoms with Gasteiger partial charge in [-0.05, 0) is 73.6 Å². The van der Waals surface area contributed by atoms with E-state index in [0.29, 0.717) is 5.56 Å². The molecule has 32 heavy (non-hydrogen) atoms. The third-order valence-corrected chi connectivity index (χ3v) is 8.38. The van der Waals surface area contributed by atoms with Crippen molar-refractivity contribution in [2.45, 2.75) is 58.2 Å². The molecule has 7 nitrogen and oxygen atoms in total. The topological polar surface area (TPSA) is 109 Å². The summed E-state index contributed by atoms with van der Waals surface area (Å²) in [5.41, 5.74) is 5.95. The number of amides is 1. The first-order valence-electron chi connectivity index (χ1n) is 10.3. The molecule has 0 bridgehead atoms. The number of hydrogen-bond acceptors (Lipinski definition) is 5. The predicted octanol–water partition coefficient (Wildman–Crippen LogP) is 2.76. The van der Waals surface area contributed by atoms with Crippen LogP contribution in [0.2, 0.25) is 0 Å². The maximum Gasteiger partial charge on any atom is 0.241 e. The van der Waals surface area contributed by atoms with Crippen LogP contribution in [0, 0.1) is 34.6 Å². The lowest BCUT2D eigenvalue weighted by Crippen LogP contribution is -2.31. The standard InChI is InChI=1S/C23H32N2O5S2/c1-15-16(2)18(4)23(19(5)17(15)3)32(29,30)25-12-11-22(26)24-13-20-7-9-21(10-8-20)14-31(6,27)28/h7-10,25H,11-14H2,1-6H3,(H,24,26). The fraction of sp³-hybridized carbons (Fsp3) is 0.435. The van der Waals surface area contributed by atoms with Gasteiger partial charge in [-0.25, -0.2) is 21.6 Å². The Morgan fingerprint density at radius 1 is 0.781 bits per heavy atom. The highest BCUT2D eigenvalue weighted by Gasteiger charge is 2.23. The van der Waals surface area contributed by atoms with E-state index >= 15 is 0 Å². The molecule has 1 amide bonds. The highest BCUT2D eigenvalue weighted by Crippen LogP contribution is 2.29. The van der Waals surface area contributed by atoms with Crippen LogP contribution < -0.4 is 10.0 Å². The van der Waals surface area contributed by atoms with Crippen molar-refractivity contribution in [3.05, 3.63) is 63.2 Å². The first-order chi connectivity index (χ1) is 14.7. The van der Waals surface area contributed by atoms with Crippen molar-refractivity contribution < 1.29 is 21.6 Å². The minimum Gasteiger partial charge on any atom is -0.352 e.